The summed E-state index contributed by atoms with van der Waals surface area (Å²) in [6, 6.07) is 0. The second-order valence-corrected chi connectivity index (χ2v) is 5.38. The van der Waals surface area contributed by atoms with Crippen molar-refractivity contribution in [2.45, 2.75) is 26.1 Å². The Balaban J connectivity index is 3.18. The van der Waals surface area contributed by atoms with E-state index in [1.54, 1.807) is 4.68 Å². The molecule has 0 radical (unpaired) electrons. The lowest BCUT2D eigenvalue weighted by Crippen LogP contribution is -2.17. The first-order valence-corrected chi connectivity index (χ1v) is 6.58. The Hall–Kier alpha value is -0.400. The first-order chi connectivity index (χ1) is 6.35. The second kappa shape index (κ2) is 4.00. The topological polar surface area (TPSA) is 78.0 Å². The fourth-order valence-electron chi connectivity index (χ4n) is 1.20. The number of nitrogens with two attached hydrogens (primary N) is 1. The summed E-state index contributed by atoms with van der Waals surface area (Å²) in [7, 11) is -3.51. The van der Waals surface area contributed by atoms with Gasteiger partial charge in [-0.2, -0.15) is 5.10 Å². The van der Waals surface area contributed by atoms with Crippen LogP contribution in [0.1, 0.15) is 18.3 Å². The molecule has 1 aromatic rings. The number of hydrogen-bond acceptors (Lipinski definition) is 3. The number of halogens is 1. The van der Waals surface area contributed by atoms with E-state index in [1.165, 1.54) is 0 Å². The SMILES string of the molecule is CCn1nc(C)c(Br)c1CS(N)(=O)=O. The van der Waals surface area contributed by atoms with E-state index in [2.05, 4.69) is 21.0 Å². The molecule has 0 aliphatic heterocycles. The van der Waals surface area contributed by atoms with Crippen molar-refractivity contribution in [3.05, 3.63) is 15.9 Å². The Labute approximate surface area is 91.5 Å². The van der Waals surface area contributed by atoms with Gasteiger partial charge in [-0.15, -0.1) is 0 Å². The van der Waals surface area contributed by atoms with Gasteiger partial charge in [-0.1, -0.05) is 0 Å². The molecule has 0 unspecified atom stereocenters. The van der Waals surface area contributed by atoms with Crippen LogP contribution in [-0.4, -0.2) is 18.2 Å². The van der Waals surface area contributed by atoms with Crippen molar-refractivity contribution in [3.63, 3.8) is 0 Å². The average Bonchev–Trinajstić information content (AvgIpc) is 2.30. The molecule has 0 saturated heterocycles. The van der Waals surface area contributed by atoms with Crippen molar-refractivity contribution >= 4 is 26.0 Å². The molecule has 0 amide bonds. The monoisotopic (exact) mass is 281 g/mol. The molecule has 0 fully saturated rings. The predicted molar refractivity (Wildman–Crippen MR) is 57.1 cm³/mol. The quantitative estimate of drug-likeness (QED) is 0.889. The molecule has 0 aliphatic rings. The summed E-state index contributed by atoms with van der Waals surface area (Å²) in [4.78, 5) is 0. The van der Waals surface area contributed by atoms with Gasteiger partial charge >= 0.3 is 0 Å². The van der Waals surface area contributed by atoms with Gasteiger partial charge in [-0.3, -0.25) is 4.68 Å². The van der Waals surface area contributed by atoms with Crippen molar-refractivity contribution < 1.29 is 8.42 Å². The summed E-state index contributed by atoms with van der Waals surface area (Å²) >= 11 is 3.29. The Bertz CT molecular complexity index is 438. The minimum absolute atomic E-state index is 0.192. The van der Waals surface area contributed by atoms with Gasteiger partial charge in [-0.05, 0) is 29.8 Å². The number of rotatable bonds is 3. The van der Waals surface area contributed by atoms with Gasteiger partial charge < -0.3 is 0 Å². The number of aryl methyl sites for hydroxylation is 2. The van der Waals surface area contributed by atoms with Crippen LogP contribution in [0.5, 0.6) is 0 Å². The lowest BCUT2D eigenvalue weighted by atomic mass is 10.4. The number of primary sulfonamides is 1. The van der Waals surface area contributed by atoms with Gasteiger partial charge in [-0.25, -0.2) is 13.6 Å². The molecule has 2 N–H and O–H groups in total. The number of nitrogens with zero attached hydrogens (tertiary/aromatic N) is 2. The van der Waals surface area contributed by atoms with E-state index in [4.69, 9.17) is 5.14 Å². The third-order valence-corrected chi connectivity index (χ3v) is 3.50. The van der Waals surface area contributed by atoms with Crippen molar-refractivity contribution in [3.8, 4) is 0 Å². The highest BCUT2D eigenvalue weighted by molar-refractivity contribution is 9.10. The summed E-state index contributed by atoms with van der Waals surface area (Å²) in [5.41, 5.74) is 1.37. The minimum atomic E-state index is -3.51. The third-order valence-electron chi connectivity index (χ3n) is 1.79. The van der Waals surface area contributed by atoms with Crippen LogP contribution in [0, 0.1) is 6.92 Å². The smallest absolute Gasteiger partial charge is 0.214 e. The molecule has 0 bridgehead atoms. The summed E-state index contributed by atoms with van der Waals surface area (Å²) in [6.07, 6.45) is 0. The van der Waals surface area contributed by atoms with Gasteiger partial charge in [0.15, 0.2) is 0 Å². The van der Waals surface area contributed by atoms with Crippen LogP contribution in [0.25, 0.3) is 0 Å². The lowest BCUT2D eigenvalue weighted by Gasteiger charge is -2.03. The van der Waals surface area contributed by atoms with E-state index >= 15 is 0 Å². The normalized spacial score (nSPS) is 12.0. The van der Waals surface area contributed by atoms with Gasteiger partial charge in [0.1, 0.15) is 5.75 Å². The maximum absolute atomic E-state index is 10.9. The zero-order chi connectivity index (χ0) is 10.9. The second-order valence-electron chi connectivity index (χ2n) is 2.97. The Kier molecular flexibility index (Phi) is 3.33. The molecule has 5 nitrogen and oxygen atoms in total. The zero-order valence-corrected chi connectivity index (χ0v) is 10.4. The molecule has 1 aromatic heterocycles. The molecule has 80 valence electrons. The van der Waals surface area contributed by atoms with E-state index < -0.39 is 10.0 Å². The number of hydrogen-bond donors (Lipinski definition) is 1. The molecule has 7 heteroatoms. The van der Waals surface area contributed by atoms with Crippen LogP contribution < -0.4 is 5.14 Å². The zero-order valence-electron chi connectivity index (χ0n) is 7.99. The van der Waals surface area contributed by atoms with E-state index in [9.17, 15) is 8.42 Å². The highest BCUT2D eigenvalue weighted by atomic mass is 79.9. The summed E-state index contributed by atoms with van der Waals surface area (Å²) in [5, 5.41) is 9.14. The van der Waals surface area contributed by atoms with Crippen molar-refractivity contribution in [2.75, 3.05) is 0 Å². The first-order valence-electron chi connectivity index (χ1n) is 4.07. The maximum Gasteiger partial charge on any atom is 0.214 e. The fourth-order valence-corrected chi connectivity index (χ4v) is 2.48. The van der Waals surface area contributed by atoms with Crippen LogP contribution in [0.15, 0.2) is 4.47 Å². The van der Waals surface area contributed by atoms with Crippen LogP contribution in [0.2, 0.25) is 0 Å². The van der Waals surface area contributed by atoms with E-state index in [-0.39, 0.29) is 5.75 Å². The van der Waals surface area contributed by atoms with Gasteiger partial charge in [0.25, 0.3) is 0 Å². The molecule has 0 saturated carbocycles. The lowest BCUT2D eigenvalue weighted by molar-refractivity contribution is 0.587. The number of sulfonamides is 1. The molecule has 0 aliphatic carbocycles. The molecule has 0 spiro atoms. The standard InChI is InChI=1S/C7H12BrN3O2S/c1-3-11-6(4-14(9,12)13)7(8)5(2)10-11/h3-4H2,1-2H3,(H2,9,12,13). The Morgan fingerprint density at radius 3 is 2.57 bits per heavy atom. The van der Waals surface area contributed by atoms with E-state index in [0.29, 0.717) is 16.7 Å². The number of aromatic nitrogens is 2. The molecular weight excluding hydrogens is 270 g/mol. The largest absolute Gasteiger partial charge is 0.267 e. The first kappa shape index (κ1) is 11.7. The third kappa shape index (κ3) is 2.55. The average molecular weight is 282 g/mol. The van der Waals surface area contributed by atoms with E-state index in [0.717, 1.165) is 5.69 Å². The van der Waals surface area contributed by atoms with Crippen LogP contribution in [0.4, 0.5) is 0 Å². The summed E-state index contributed by atoms with van der Waals surface area (Å²) < 4.78 is 24.2. The highest BCUT2D eigenvalue weighted by Crippen LogP contribution is 2.22. The minimum Gasteiger partial charge on any atom is -0.267 e. The van der Waals surface area contributed by atoms with Crippen LogP contribution >= 0.6 is 15.9 Å². The fraction of sp³-hybridized carbons (Fsp3) is 0.571. The molecule has 14 heavy (non-hydrogen) atoms. The Morgan fingerprint density at radius 2 is 2.14 bits per heavy atom. The highest BCUT2D eigenvalue weighted by Gasteiger charge is 2.16. The van der Waals surface area contributed by atoms with E-state index in [1.807, 2.05) is 13.8 Å². The molecule has 1 rings (SSSR count). The Morgan fingerprint density at radius 1 is 1.57 bits per heavy atom. The van der Waals surface area contributed by atoms with Gasteiger partial charge in [0, 0.05) is 6.54 Å². The van der Waals surface area contributed by atoms with Crippen LogP contribution in [0.3, 0.4) is 0 Å². The molecule has 0 atom stereocenters. The van der Waals surface area contributed by atoms with Gasteiger partial charge in [0.2, 0.25) is 10.0 Å². The molecule has 1 heterocycles. The molecular formula is C7H12BrN3O2S. The van der Waals surface area contributed by atoms with Crippen molar-refractivity contribution in [2.24, 2.45) is 5.14 Å². The van der Waals surface area contributed by atoms with Crippen molar-refractivity contribution in [1.29, 1.82) is 0 Å². The summed E-state index contributed by atoms with van der Waals surface area (Å²) in [5.74, 6) is -0.192. The summed E-state index contributed by atoms with van der Waals surface area (Å²) in [6.45, 7) is 4.33. The van der Waals surface area contributed by atoms with Crippen molar-refractivity contribution in [1.82, 2.24) is 9.78 Å². The van der Waals surface area contributed by atoms with Gasteiger partial charge in [0.05, 0.1) is 15.9 Å². The molecule has 0 aromatic carbocycles. The predicted octanol–water partition coefficient (Wildman–Crippen LogP) is 0.762. The maximum atomic E-state index is 10.9. The van der Waals surface area contributed by atoms with Crippen LogP contribution in [-0.2, 0) is 22.3 Å².